The SMILES string of the molecule is CCC1[CH-]C2C=CC=CC2C1.[Cl-].[Cl-].[Cl-].[Ti+4]. The average Bonchev–Trinajstić information content (AvgIpc) is 2.46. The molecular formula is C11H15Cl3Ti. The number of allylic oxidation sites excluding steroid dienone is 4. The molecule has 0 aromatic heterocycles. The van der Waals surface area contributed by atoms with Crippen LogP contribution in [0.3, 0.4) is 0 Å². The Bertz CT molecular complexity index is 184. The van der Waals surface area contributed by atoms with E-state index in [0.717, 1.165) is 17.8 Å². The minimum absolute atomic E-state index is 0. The molecule has 2 aliphatic carbocycles. The molecule has 0 bridgehead atoms. The second kappa shape index (κ2) is 10.2. The first-order valence-corrected chi connectivity index (χ1v) is 4.60. The van der Waals surface area contributed by atoms with E-state index in [0.29, 0.717) is 0 Å². The van der Waals surface area contributed by atoms with Crippen LogP contribution in [0.5, 0.6) is 0 Å². The molecule has 3 atom stereocenters. The molecule has 2 aliphatic rings. The minimum Gasteiger partial charge on any atom is -1.00 e. The largest absolute Gasteiger partial charge is 4.00 e. The van der Waals surface area contributed by atoms with Crippen LogP contribution < -0.4 is 37.2 Å². The summed E-state index contributed by atoms with van der Waals surface area (Å²) in [5.41, 5.74) is 0. The van der Waals surface area contributed by atoms with Crippen molar-refractivity contribution < 1.29 is 58.9 Å². The molecule has 0 saturated heterocycles. The Labute approximate surface area is 126 Å². The summed E-state index contributed by atoms with van der Waals surface area (Å²) in [6, 6.07) is 0. The van der Waals surface area contributed by atoms with E-state index in [1.165, 1.54) is 12.8 Å². The molecule has 84 valence electrons. The molecule has 0 radical (unpaired) electrons. The Balaban J connectivity index is -0.000000360. The summed E-state index contributed by atoms with van der Waals surface area (Å²) in [7, 11) is 0. The molecule has 1 fully saturated rings. The fourth-order valence-electron chi connectivity index (χ4n) is 2.16. The number of hydrogen-bond acceptors (Lipinski definition) is 0. The maximum Gasteiger partial charge on any atom is 4.00 e. The van der Waals surface area contributed by atoms with Crippen LogP contribution in [0, 0.1) is 24.2 Å². The summed E-state index contributed by atoms with van der Waals surface area (Å²) in [5.74, 6) is 2.45. The van der Waals surface area contributed by atoms with E-state index in [1.54, 1.807) is 0 Å². The van der Waals surface area contributed by atoms with Gasteiger partial charge in [0.15, 0.2) is 0 Å². The first kappa shape index (κ1) is 21.4. The fourth-order valence-corrected chi connectivity index (χ4v) is 2.16. The normalized spacial score (nSPS) is 30.1. The van der Waals surface area contributed by atoms with E-state index in [9.17, 15) is 0 Å². The van der Waals surface area contributed by atoms with Crippen LogP contribution in [0.1, 0.15) is 19.8 Å². The Morgan fingerprint density at radius 3 is 2.27 bits per heavy atom. The zero-order valence-corrected chi connectivity index (χ0v) is 12.5. The molecule has 0 amide bonds. The van der Waals surface area contributed by atoms with Crippen molar-refractivity contribution in [2.24, 2.45) is 17.8 Å². The summed E-state index contributed by atoms with van der Waals surface area (Å²) in [5, 5.41) is 0. The number of rotatable bonds is 1. The van der Waals surface area contributed by atoms with Crippen molar-refractivity contribution in [3.63, 3.8) is 0 Å². The van der Waals surface area contributed by atoms with Gasteiger partial charge in [-0.15, -0.1) is 12.0 Å². The van der Waals surface area contributed by atoms with Gasteiger partial charge in [-0.3, -0.25) is 0 Å². The number of hydrogen-bond donors (Lipinski definition) is 0. The first-order valence-electron chi connectivity index (χ1n) is 4.60. The van der Waals surface area contributed by atoms with Crippen LogP contribution in [0.25, 0.3) is 0 Å². The fraction of sp³-hybridized carbons (Fsp3) is 0.545. The maximum absolute atomic E-state index is 2.52. The molecule has 3 unspecified atom stereocenters. The Hall–Kier alpha value is 1.06. The summed E-state index contributed by atoms with van der Waals surface area (Å²) < 4.78 is 0. The van der Waals surface area contributed by atoms with Gasteiger partial charge in [-0.05, 0) is 5.92 Å². The van der Waals surface area contributed by atoms with Crippen molar-refractivity contribution in [1.29, 1.82) is 0 Å². The van der Waals surface area contributed by atoms with Gasteiger partial charge in [0.1, 0.15) is 0 Å². The summed E-state index contributed by atoms with van der Waals surface area (Å²) in [6.07, 6.45) is 14.3. The van der Waals surface area contributed by atoms with Gasteiger partial charge < -0.3 is 43.6 Å². The monoisotopic (exact) mass is 300 g/mol. The minimum atomic E-state index is 0. The van der Waals surface area contributed by atoms with Crippen molar-refractivity contribution >= 4 is 0 Å². The van der Waals surface area contributed by atoms with Gasteiger partial charge in [0.25, 0.3) is 0 Å². The molecule has 0 aliphatic heterocycles. The Morgan fingerprint density at radius 1 is 1.13 bits per heavy atom. The molecular weight excluding hydrogens is 286 g/mol. The average molecular weight is 301 g/mol. The molecule has 0 N–H and O–H groups in total. The molecule has 0 aromatic rings. The van der Waals surface area contributed by atoms with Gasteiger partial charge in [-0.2, -0.15) is 5.92 Å². The summed E-state index contributed by atoms with van der Waals surface area (Å²) in [4.78, 5) is 0. The van der Waals surface area contributed by atoms with Crippen LogP contribution in [-0.4, -0.2) is 0 Å². The smallest absolute Gasteiger partial charge is 1.00 e. The van der Waals surface area contributed by atoms with E-state index in [-0.39, 0.29) is 58.9 Å². The standard InChI is InChI=1S/C11H15.3ClH.Ti/c1-2-9-7-10-5-3-4-6-11(10)8-9;;;;/h3-7,9-11H,2,8H2,1H3;3*1H;/q-1;;;;+4/p-3. The quantitative estimate of drug-likeness (QED) is 0.334. The van der Waals surface area contributed by atoms with Gasteiger partial charge in [0.05, 0.1) is 0 Å². The van der Waals surface area contributed by atoms with Crippen LogP contribution >= 0.6 is 0 Å². The Kier molecular flexibility index (Phi) is 14.6. The summed E-state index contributed by atoms with van der Waals surface area (Å²) in [6.45, 7) is 2.28. The third-order valence-electron chi connectivity index (χ3n) is 2.89. The molecule has 4 heteroatoms. The first-order chi connectivity index (χ1) is 5.40. The topological polar surface area (TPSA) is 0 Å². The van der Waals surface area contributed by atoms with Crippen molar-refractivity contribution in [3.8, 4) is 0 Å². The van der Waals surface area contributed by atoms with Crippen molar-refractivity contribution in [2.75, 3.05) is 0 Å². The third kappa shape index (κ3) is 5.28. The van der Waals surface area contributed by atoms with Gasteiger partial charge >= 0.3 is 21.7 Å². The van der Waals surface area contributed by atoms with E-state index >= 15 is 0 Å². The predicted molar refractivity (Wildman–Crippen MR) is 48.0 cm³/mol. The molecule has 0 heterocycles. The van der Waals surface area contributed by atoms with Crippen molar-refractivity contribution in [2.45, 2.75) is 19.8 Å². The third-order valence-corrected chi connectivity index (χ3v) is 2.89. The van der Waals surface area contributed by atoms with Gasteiger partial charge in [-0.25, -0.2) is 0 Å². The zero-order valence-electron chi connectivity index (χ0n) is 8.67. The molecule has 2 rings (SSSR count). The number of halogens is 3. The Morgan fingerprint density at radius 2 is 1.73 bits per heavy atom. The molecule has 15 heavy (non-hydrogen) atoms. The van der Waals surface area contributed by atoms with Crippen LogP contribution in [0.15, 0.2) is 24.3 Å². The zero-order chi connectivity index (χ0) is 7.68. The van der Waals surface area contributed by atoms with Crippen LogP contribution in [-0.2, 0) is 21.7 Å². The van der Waals surface area contributed by atoms with E-state index in [2.05, 4.69) is 37.6 Å². The second-order valence-corrected chi connectivity index (χ2v) is 3.61. The maximum atomic E-state index is 2.52. The van der Waals surface area contributed by atoms with Crippen LogP contribution in [0.4, 0.5) is 0 Å². The van der Waals surface area contributed by atoms with Crippen molar-refractivity contribution in [1.82, 2.24) is 0 Å². The van der Waals surface area contributed by atoms with Crippen molar-refractivity contribution in [3.05, 3.63) is 30.7 Å². The molecule has 0 spiro atoms. The number of fused-ring (bicyclic) bond motifs is 1. The molecule has 0 nitrogen and oxygen atoms in total. The van der Waals surface area contributed by atoms with Gasteiger partial charge in [0.2, 0.25) is 0 Å². The molecule has 1 saturated carbocycles. The van der Waals surface area contributed by atoms with E-state index < -0.39 is 0 Å². The van der Waals surface area contributed by atoms with Gasteiger partial charge in [-0.1, -0.05) is 38.0 Å². The second-order valence-electron chi connectivity index (χ2n) is 3.61. The van der Waals surface area contributed by atoms with E-state index in [4.69, 9.17) is 0 Å². The van der Waals surface area contributed by atoms with E-state index in [1.807, 2.05) is 0 Å². The summed E-state index contributed by atoms with van der Waals surface area (Å²) >= 11 is 0. The predicted octanol–water partition coefficient (Wildman–Crippen LogP) is -6.01. The van der Waals surface area contributed by atoms with Crippen LogP contribution in [0.2, 0.25) is 0 Å². The molecule has 0 aromatic carbocycles. The van der Waals surface area contributed by atoms with Gasteiger partial charge in [0, 0.05) is 0 Å².